The largest absolute Gasteiger partial charge is 0.480 e. The molecule has 1 heterocycles. The number of rotatable bonds is 7. The van der Waals surface area contributed by atoms with E-state index in [-0.39, 0.29) is 11.9 Å². The number of hydrogen-bond acceptors (Lipinski definition) is 3. The zero-order chi connectivity index (χ0) is 23.4. The van der Waals surface area contributed by atoms with Gasteiger partial charge in [-0.15, -0.1) is 0 Å². The smallest absolute Gasteiger partial charge is 0.326 e. The second-order valence-electron chi connectivity index (χ2n) is 8.07. The number of amides is 1. The lowest BCUT2D eigenvalue weighted by atomic mass is 9.95. The van der Waals surface area contributed by atoms with E-state index in [2.05, 4.69) is 5.32 Å². The Morgan fingerprint density at radius 3 is 1.91 bits per heavy atom. The Morgan fingerprint density at radius 1 is 0.848 bits per heavy atom. The monoisotopic (exact) mass is 482 g/mol. The molecule has 0 bridgehead atoms. The van der Waals surface area contributed by atoms with Gasteiger partial charge in [0, 0.05) is 16.6 Å². The molecule has 4 rings (SSSR count). The maximum absolute atomic E-state index is 13.7. The van der Waals surface area contributed by atoms with Crippen LogP contribution in [0.2, 0.25) is 10.0 Å². The molecule has 7 heteroatoms. The topological polar surface area (TPSA) is 69.6 Å². The van der Waals surface area contributed by atoms with Crippen LogP contribution in [-0.2, 0) is 9.59 Å². The Bertz CT molecular complexity index is 1060. The Balaban J connectivity index is 1.74. The number of carbonyl (C=O) groups excluding carboxylic acids is 1. The van der Waals surface area contributed by atoms with Crippen LogP contribution in [0, 0.1) is 0 Å². The molecule has 1 fully saturated rings. The summed E-state index contributed by atoms with van der Waals surface area (Å²) in [6.45, 7) is 0.424. The predicted octanol–water partition coefficient (Wildman–Crippen LogP) is 5.49. The highest BCUT2D eigenvalue weighted by Gasteiger charge is 2.38. The molecule has 5 nitrogen and oxygen atoms in total. The molecule has 0 spiro atoms. The number of nitrogens with zero attached hydrogens (tertiary/aromatic N) is 1. The summed E-state index contributed by atoms with van der Waals surface area (Å²) >= 11 is 12.2. The molecule has 1 aliphatic rings. The fourth-order valence-corrected chi connectivity index (χ4v) is 4.52. The molecule has 1 saturated heterocycles. The first-order chi connectivity index (χ1) is 15.9. The number of benzene rings is 3. The normalized spacial score (nSPS) is 16.7. The molecular formula is C26H24Cl2N2O3. The second-order valence-corrected chi connectivity index (χ2v) is 8.95. The van der Waals surface area contributed by atoms with Crippen molar-refractivity contribution in [1.82, 2.24) is 10.2 Å². The van der Waals surface area contributed by atoms with Crippen LogP contribution in [0.1, 0.15) is 41.6 Å². The lowest BCUT2D eigenvalue weighted by Crippen LogP contribution is -2.47. The Kier molecular flexibility index (Phi) is 7.33. The summed E-state index contributed by atoms with van der Waals surface area (Å²) in [6, 6.07) is 22.4. The van der Waals surface area contributed by atoms with Gasteiger partial charge in [-0.25, -0.2) is 4.79 Å². The van der Waals surface area contributed by atoms with Crippen LogP contribution in [0.5, 0.6) is 0 Å². The zero-order valence-electron chi connectivity index (χ0n) is 17.8. The number of carboxylic acids is 1. The molecular weight excluding hydrogens is 459 g/mol. The van der Waals surface area contributed by atoms with Gasteiger partial charge in [0.2, 0.25) is 5.91 Å². The summed E-state index contributed by atoms with van der Waals surface area (Å²) in [5.74, 6) is -1.22. The van der Waals surface area contributed by atoms with Crippen molar-refractivity contribution in [3.63, 3.8) is 0 Å². The second kappa shape index (κ2) is 10.4. The summed E-state index contributed by atoms with van der Waals surface area (Å²) in [4.78, 5) is 27.0. The molecule has 3 aromatic carbocycles. The van der Waals surface area contributed by atoms with Gasteiger partial charge in [0.15, 0.2) is 0 Å². The van der Waals surface area contributed by atoms with Crippen LogP contribution in [0.15, 0.2) is 78.9 Å². The average molecular weight is 483 g/mol. The lowest BCUT2D eigenvalue weighted by Gasteiger charge is -2.31. The van der Waals surface area contributed by atoms with Gasteiger partial charge < -0.3 is 10.0 Å². The van der Waals surface area contributed by atoms with Gasteiger partial charge >= 0.3 is 5.97 Å². The third-order valence-electron chi connectivity index (χ3n) is 5.94. The third-order valence-corrected chi connectivity index (χ3v) is 6.44. The summed E-state index contributed by atoms with van der Waals surface area (Å²) in [7, 11) is 0. The van der Waals surface area contributed by atoms with Gasteiger partial charge in [0.1, 0.15) is 12.1 Å². The van der Waals surface area contributed by atoms with E-state index in [9.17, 15) is 14.7 Å². The average Bonchev–Trinajstić information content (AvgIpc) is 3.32. The van der Waals surface area contributed by atoms with Crippen molar-refractivity contribution >= 4 is 35.1 Å². The highest BCUT2D eigenvalue weighted by molar-refractivity contribution is 6.30. The van der Waals surface area contributed by atoms with Crippen LogP contribution in [0.3, 0.4) is 0 Å². The minimum Gasteiger partial charge on any atom is -0.480 e. The summed E-state index contributed by atoms with van der Waals surface area (Å²) in [6.07, 6.45) is 1.13. The van der Waals surface area contributed by atoms with Gasteiger partial charge in [-0.1, -0.05) is 77.8 Å². The zero-order valence-corrected chi connectivity index (χ0v) is 19.3. The maximum Gasteiger partial charge on any atom is 0.326 e. The molecule has 0 saturated carbocycles. The van der Waals surface area contributed by atoms with Crippen molar-refractivity contribution in [3.05, 3.63) is 106 Å². The van der Waals surface area contributed by atoms with Crippen molar-refractivity contribution in [3.8, 4) is 0 Å². The predicted molar refractivity (Wildman–Crippen MR) is 129 cm³/mol. The molecule has 0 aliphatic carbocycles. The standard InChI is InChI=1S/C26H24Cl2N2O3/c27-20-12-8-18(9-13-20)23(19-10-14-21(28)15-11-19)29-24(17-5-2-1-3-6-17)25(31)30-16-4-7-22(30)26(32)33/h1-3,5-6,8-15,22-24,29H,4,7,16H2,(H,32,33)/t22-,24+/m0/s1. The molecule has 0 aromatic heterocycles. The number of nitrogens with one attached hydrogen (secondary N) is 1. The first-order valence-electron chi connectivity index (χ1n) is 10.8. The molecule has 0 unspecified atom stereocenters. The number of halogens is 2. The molecule has 2 N–H and O–H groups in total. The first kappa shape index (κ1) is 23.3. The first-order valence-corrected chi connectivity index (χ1v) is 11.5. The van der Waals surface area contributed by atoms with Crippen molar-refractivity contribution < 1.29 is 14.7 Å². The molecule has 170 valence electrons. The summed E-state index contributed by atoms with van der Waals surface area (Å²) in [5.41, 5.74) is 2.62. The highest BCUT2D eigenvalue weighted by Crippen LogP contribution is 2.30. The highest BCUT2D eigenvalue weighted by atomic mass is 35.5. The van der Waals surface area contributed by atoms with E-state index in [4.69, 9.17) is 23.2 Å². The SMILES string of the molecule is O=C(O)[C@@H]1CCCN1C(=O)[C@H](NC(c1ccc(Cl)cc1)c1ccc(Cl)cc1)c1ccccc1. The van der Waals surface area contributed by atoms with Gasteiger partial charge in [-0.2, -0.15) is 0 Å². The number of carbonyl (C=O) groups is 2. The van der Waals surface area contributed by atoms with Crippen LogP contribution in [-0.4, -0.2) is 34.5 Å². The van der Waals surface area contributed by atoms with Gasteiger partial charge in [-0.3, -0.25) is 10.1 Å². The van der Waals surface area contributed by atoms with E-state index < -0.39 is 18.1 Å². The molecule has 3 aromatic rings. The van der Waals surface area contributed by atoms with Crippen LogP contribution < -0.4 is 5.32 Å². The fraction of sp³-hybridized carbons (Fsp3) is 0.231. The molecule has 0 radical (unpaired) electrons. The van der Waals surface area contributed by atoms with Gasteiger partial charge in [0.25, 0.3) is 0 Å². The Labute approximate surface area is 202 Å². The number of carboxylic acid groups (broad SMARTS) is 1. The minimum atomic E-state index is -0.973. The number of hydrogen-bond donors (Lipinski definition) is 2. The summed E-state index contributed by atoms with van der Waals surface area (Å²) in [5, 5.41) is 14.4. The molecule has 1 amide bonds. The minimum absolute atomic E-state index is 0.251. The van der Waals surface area contributed by atoms with E-state index >= 15 is 0 Å². The van der Waals surface area contributed by atoms with E-state index in [0.717, 1.165) is 16.7 Å². The summed E-state index contributed by atoms with van der Waals surface area (Å²) < 4.78 is 0. The Morgan fingerprint density at radius 2 is 1.39 bits per heavy atom. The molecule has 1 aliphatic heterocycles. The van der Waals surface area contributed by atoms with Crippen LogP contribution in [0.4, 0.5) is 0 Å². The quantitative estimate of drug-likeness (QED) is 0.467. The van der Waals surface area contributed by atoms with Crippen molar-refractivity contribution in [2.24, 2.45) is 0 Å². The van der Waals surface area contributed by atoms with Gasteiger partial charge in [0.05, 0.1) is 6.04 Å². The van der Waals surface area contributed by atoms with Crippen LogP contribution in [0.25, 0.3) is 0 Å². The van der Waals surface area contributed by atoms with Crippen molar-refractivity contribution in [1.29, 1.82) is 0 Å². The van der Waals surface area contributed by atoms with E-state index in [1.807, 2.05) is 78.9 Å². The molecule has 2 atom stereocenters. The van der Waals surface area contributed by atoms with Crippen molar-refractivity contribution in [2.45, 2.75) is 31.0 Å². The fourth-order valence-electron chi connectivity index (χ4n) is 4.27. The Hall–Kier alpha value is -2.86. The lowest BCUT2D eigenvalue weighted by molar-refractivity contribution is -0.149. The van der Waals surface area contributed by atoms with E-state index in [0.29, 0.717) is 29.4 Å². The number of aliphatic carboxylic acids is 1. The van der Waals surface area contributed by atoms with E-state index in [1.165, 1.54) is 4.90 Å². The molecule has 33 heavy (non-hydrogen) atoms. The number of likely N-dealkylation sites (tertiary alicyclic amines) is 1. The maximum atomic E-state index is 13.7. The van der Waals surface area contributed by atoms with E-state index in [1.54, 1.807) is 0 Å². The third kappa shape index (κ3) is 5.38. The van der Waals surface area contributed by atoms with Gasteiger partial charge in [-0.05, 0) is 53.8 Å². The van der Waals surface area contributed by atoms with Crippen LogP contribution >= 0.6 is 23.2 Å². The van der Waals surface area contributed by atoms with Crippen molar-refractivity contribution in [2.75, 3.05) is 6.54 Å².